The molecule has 16 heteroatoms. The maximum Gasteiger partial charge on any atom is 0.350 e. The number of benzene rings is 2. The first-order valence-corrected chi connectivity index (χ1v) is 12.8. The summed E-state index contributed by atoms with van der Waals surface area (Å²) in [7, 11) is 1.45. The average molecular weight is 599 g/mol. The Morgan fingerprint density at radius 1 is 1.14 bits per heavy atom. The Morgan fingerprint density at radius 3 is 2.58 bits per heavy atom. The zero-order valence-corrected chi connectivity index (χ0v) is 23.1. The highest BCUT2D eigenvalue weighted by atomic mass is 19.1. The molecular weight excluding hydrogens is 570 g/mol. The predicted octanol–water partition coefficient (Wildman–Crippen LogP) is 2.27. The number of nitrogens with zero attached hydrogens (tertiary/aromatic N) is 4. The van der Waals surface area contributed by atoms with Crippen molar-refractivity contribution in [2.45, 2.75) is 13.0 Å². The fourth-order valence-corrected chi connectivity index (χ4v) is 3.92. The number of rotatable bonds is 14. The highest BCUT2D eigenvalue weighted by molar-refractivity contribution is 5.98. The molecule has 4 aromatic rings. The van der Waals surface area contributed by atoms with E-state index in [1.54, 1.807) is 6.07 Å². The van der Waals surface area contributed by atoms with Crippen LogP contribution in [0.3, 0.4) is 0 Å². The third-order valence-corrected chi connectivity index (χ3v) is 5.73. The Balaban J connectivity index is 1.88. The van der Waals surface area contributed by atoms with E-state index >= 15 is 4.39 Å². The Morgan fingerprint density at radius 2 is 1.91 bits per heavy atom. The summed E-state index contributed by atoms with van der Waals surface area (Å²) in [5, 5.41) is 15.2. The van der Waals surface area contributed by atoms with Crippen LogP contribution in [0.2, 0.25) is 0 Å². The van der Waals surface area contributed by atoms with Crippen molar-refractivity contribution in [2.24, 2.45) is 5.73 Å². The minimum absolute atomic E-state index is 0.00736. The number of hydrogen-bond donors (Lipinski definition) is 4. The molecule has 0 spiro atoms. The third-order valence-electron chi connectivity index (χ3n) is 5.73. The summed E-state index contributed by atoms with van der Waals surface area (Å²) in [6.45, 7) is 0.217. The van der Waals surface area contributed by atoms with E-state index in [0.717, 1.165) is 4.68 Å². The number of nitrogens with two attached hydrogens (primary N) is 1. The molecule has 14 nitrogen and oxygen atoms in total. The Bertz CT molecular complexity index is 1650. The summed E-state index contributed by atoms with van der Waals surface area (Å²) in [6, 6.07) is 7.18. The normalized spacial score (nSPS) is 11.5. The van der Waals surface area contributed by atoms with Crippen molar-refractivity contribution in [3.8, 4) is 23.2 Å². The number of H-pyrrole nitrogens is 1. The zero-order valence-electron chi connectivity index (χ0n) is 23.1. The van der Waals surface area contributed by atoms with Crippen LogP contribution in [0.4, 0.5) is 14.5 Å². The van der Waals surface area contributed by atoms with Crippen molar-refractivity contribution in [1.29, 1.82) is 5.41 Å². The van der Waals surface area contributed by atoms with Gasteiger partial charge in [-0.2, -0.15) is 0 Å². The lowest BCUT2D eigenvalue weighted by Gasteiger charge is -2.22. The van der Waals surface area contributed by atoms with E-state index in [4.69, 9.17) is 30.1 Å². The second-order valence-corrected chi connectivity index (χ2v) is 8.77. The summed E-state index contributed by atoms with van der Waals surface area (Å²) in [5.41, 5.74) is 5.20. The number of esters is 1. The topological polar surface area (TPSA) is 192 Å². The van der Waals surface area contributed by atoms with E-state index in [9.17, 15) is 14.0 Å². The van der Waals surface area contributed by atoms with Crippen LogP contribution in [-0.4, -0.2) is 70.1 Å². The molecule has 0 amide bonds. The van der Waals surface area contributed by atoms with Crippen molar-refractivity contribution in [2.75, 3.05) is 38.9 Å². The second-order valence-electron chi connectivity index (χ2n) is 8.77. The van der Waals surface area contributed by atoms with Gasteiger partial charge < -0.3 is 30.0 Å². The molecule has 226 valence electrons. The molecule has 4 rings (SSSR count). The minimum Gasteiger partial charge on any atom is -0.491 e. The van der Waals surface area contributed by atoms with Crippen molar-refractivity contribution in [3.63, 3.8) is 0 Å². The van der Waals surface area contributed by atoms with E-state index in [1.165, 1.54) is 56.8 Å². The fourth-order valence-electron chi connectivity index (χ4n) is 3.92. The number of carbonyl (C=O) groups is 1. The first-order valence-electron chi connectivity index (χ1n) is 12.8. The van der Waals surface area contributed by atoms with E-state index in [-0.39, 0.29) is 71.5 Å². The first kappa shape index (κ1) is 30.6. The smallest absolute Gasteiger partial charge is 0.350 e. The maximum absolute atomic E-state index is 16.1. The van der Waals surface area contributed by atoms with E-state index in [2.05, 4.69) is 25.4 Å². The van der Waals surface area contributed by atoms with E-state index < -0.39 is 30.2 Å². The molecule has 0 fully saturated rings. The lowest BCUT2D eigenvalue weighted by atomic mass is 10.0. The van der Waals surface area contributed by atoms with Gasteiger partial charge in [-0.25, -0.2) is 23.5 Å². The molecule has 2 aromatic carbocycles. The van der Waals surface area contributed by atoms with Crippen molar-refractivity contribution < 1.29 is 32.5 Å². The molecule has 0 aliphatic rings. The summed E-state index contributed by atoms with van der Waals surface area (Å²) in [6.07, 6.45) is 2.84. The molecule has 1 unspecified atom stereocenters. The molecule has 1 atom stereocenters. The van der Waals surface area contributed by atoms with E-state index in [1.807, 2.05) is 0 Å². The monoisotopic (exact) mass is 598 g/mol. The van der Waals surface area contributed by atoms with E-state index in [0.29, 0.717) is 0 Å². The number of aromatic nitrogens is 5. The number of alkyl halides is 1. The van der Waals surface area contributed by atoms with Gasteiger partial charge in [0.1, 0.15) is 43.3 Å². The van der Waals surface area contributed by atoms with Gasteiger partial charge in [-0.05, 0) is 24.3 Å². The fraction of sp³-hybridized carbons (Fsp3) is 0.259. The van der Waals surface area contributed by atoms with Gasteiger partial charge in [0, 0.05) is 49.8 Å². The van der Waals surface area contributed by atoms with Gasteiger partial charge in [-0.1, -0.05) is 0 Å². The van der Waals surface area contributed by atoms with Crippen LogP contribution in [0.1, 0.15) is 29.9 Å². The SMILES string of the molecule is COCCOc1cc(OCCF)cc(C(Nc2ccc(C(=N)N)c(OC(C)=O)c2)c2nn(-c3ncccn3)c(=O)[nH]2)c1F. The Labute approximate surface area is 243 Å². The van der Waals surface area contributed by atoms with Crippen molar-refractivity contribution >= 4 is 17.5 Å². The number of amidine groups is 1. The molecule has 43 heavy (non-hydrogen) atoms. The van der Waals surface area contributed by atoms with Gasteiger partial charge in [0.05, 0.1) is 12.2 Å². The largest absolute Gasteiger partial charge is 0.491 e. The van der Waals surface area contributed by atoms with Crippen molar-refractivity contribution in [1.82, 2.24) is 24.7 Å². The lowest BCUT2D eigenvalue weighted by molar-refractivity contribution is -0.131. The van der Waals surface area contributed by atoms with Crippen LogP contribution in [0.25, 0.3) is 5.95 Å². The van der Waals surface area contributed by atoms with Crippen LogP contribution in [-0.2, 0) is 9.53 Å². The molecular formula is C27H28F2N8O6. The molecule has 0 aliphatic heterocycles. The molecule has 2 aromatic heterocycles. The number of ether oxygens (including phenoxy) is 4. The van der Waals surface area contributed by atoms with Crippen LogP contribution in [0.15, 0.2) is 53.6 Å². The van der Waals surface area contributed by atoms with Crippen LogP contribution >= 0.6 is 0 Å². The summed E-state index contributed by atoms with van der Waals surface area (Å²) in [5.74, 6) is -2.16. The van der Waals surface area contributed by atoms with Crippen LogP contribution in [0, 0.1) is 11.2 Å². The van der Waals surface area contributed by atoms with Gasteiger partial charge in [-0.3, -0.25) is 15.2 Å². The number of aromatic amines is 1. The number of methoxy groups -OCH3 is 1. The molecule has 0 aliphatic carbocycles. The zero-order chi connectivity index (χ0) is 30.9. The molecule has 0 saturated heterocycles. The molecule has 0 radical (unpaired) electrons. The number of nitrogen functional groups attached to an aromatic ring is 1. The van der Waals surface area contributed by atoms with Gasteiger partial charge in [-0.15, -0.1) is 9.78 Å². The summed E-state index contributed by atoms with van der Waals surface area (Å²) in [4.78, 5) is 35.3. The standard InChI is InChI=1S/C27H28F2N8O6/c1-15(38)43-20-12-16(4-5-18(20)24(30)31)34-23(25-35-27(39)37(36-25)26-32-7-3-8-33-26)19-13-17(41-9-6-28)14-21(22(19)29)42-11-10-40-2/h3-5,7-8,12-14,23,34H,6,9-11H2,1-2H3,(H3,30,31)(H,35,36,39). The van der Waals surface area contributed by atoms with Gasteiger partial charge in [0.15, 0.2) is 17.4 Å². The van der Waals surface area contributed by atoms with Gasteiger partial charge in [0.2, 0.25) is 0 Å². The molecule has 0 bridgehead atoms. The maximum atomic E-state index is 16.1. The highest BCUT2D eigenvalue weighted by Gasteiger charge is 2.27. The molecule has 0 saturated carbocycles. The number of hydrogen-bond acceptors (Lipinski definition) is 11. The highest BCUT2D eigenvalue weighted by Crippen LogP contribution is 2.36. The van der Waals surface area contributed by atoms with Gasteiger partial charge >= 0.3 is 11.7 Å². The predicted molar refractivity (Wildman–Crippen MR) is 149 cm³/mol. The quantitative estimate of drug-likeness (QED) is 0.0547. The first-order chi connectivity index (χ1) is 20.7. The lowest BCUT2D eigenvalue weighted by Crippen LogP contribution is -2.19. The number of nitrogens with one attached hydrogen (secondary N) is 3. The number of carbonyl (C=O) groups excluding carboxylic acids is 1. The summed E-state index contributed by atoms with van der Waals surface area (Å²) >= 11 is 0. The Kier molecular flexibility index (Phi) is 9.95. The summed E-state index contributed by atoms with van der Waals surface area (Å²) < 4.78 is 51.2. The van der Waals surface area contributed by atoms with Crippen LogP contribution < -0.4 is 31.0 Å². The average Bonchev–Trinajstić information content (AvgIpc) is 3.37. The number of halogens is 2. The Hall–Kier alpha value is -5.38. The molecule has 2 heterocycles. The third kappa shape index (κ3) is 7.48. The second kappa shape index (κ2) is 14.0. The van der Waals surface area contributed by atoms with Crippen molar-refractivity contribution in [3.05, 3.63) is 82.0 Å². The minimum atomic E-state index is -1.25. The molecule has 5 N–H and O–H groups in total. The van der Waals surface area contributed by atoms with Crippen LogP contribution in [0.5, 0.6) is 17.2 Å². The van der Waals surface area contributed by atoms with Gasteiger partial charge in [0.25, 0.3) is 5.95 Å². The number of anilines is 1.